The number of thiophene rings is 1. The van der Waals surface area contributed by atoms with E-state index in [9.17, 15) is 0 Å². The van der Waals surface area contributed by atoms with Crippen LogP contribution in [0.1, 0.15) is 31.6 Å². The summed E-state index contributed by atoms with van der Waals surface area (Å²) in [5.74, 6) is 0.857. The first-order valence-electron chi connectivity index (χ1n) is 6.83. The van der Waals surface area contributed by atoms with Crippen LogP contribution in [0.15, 0.2) is 12.1 Å². The van der Waals surface area contributed by atoms with Crippen molar-refractivity contribution in [1.29, 1.82) is 0 Å². The first-order valence-corrected chi connectivity index (χ1v) is 8.03. The fraction of sp³-hybridized carbons (Fsp3) is 0.714. The molecule has 0 bridgehead atoms. The summed E-state index contributed by atoms with van der Waals surface area (Å²) < 4.78 is 0.904. The second-order valence-corrected chi connectivity index (χ2v) is 7.29. The standard InChI is InChI=1S/C14H23ClN2S/c1-11(2)16-9-12-5-7-17(8-6-12)10-13-3-4-14(15)18-13/h3-4,11-12,16H,5-10H2,1-2H3. The maximum absolute atomic E-state index is 5.96. The summed E-state index contributed by atoms with van der Waals surface area (Å²) in [5, 5.41) is 3.55. The van der Waals surface area contributed by atoms with Crippen molar-refractivity contribution < 1.29 is 0 Å². The summed E-state index contributed by atoms with van der Waals surface area (Å²) in [4.78, 5) is 3.94. The van der Waals surface area contributed by atoms with Gasteiger partial charge in [0.05, 0.1) is 4.34 Å². The lowest BCUT2D eigenvalue weighted by molar-refractivity contribution is 0.175. The van der Waals surface area contributed by atoms with Crippen LogP contribution in [-0.2, 0) is 6.54 Å². The fourth-order valence-electron chi connectivity index (χ4n) is 2.41. The molecule has 2 heterocycles. The maximum atomic E-state index is 5.96. The van der Waals surface area contributed by atoms with Gasteiger partial charge in [0.2, 0.25) is 0 Å². The van der Waals surface area contributed by atoms with Crippen molar-refractivity contribution >= 4 is 22.9 Å². The number of rotatable bonds is 5. The van der Waals surface area contributed by atoms with E-state index in [0.717, 1.165) is 16.8 Å². The zero-order chi connectivity index (χ0) is 13.0. The van der Waals surface area contributed by atoms with Gasteiger partial charge in [0.25, 0.3) is 0 Å². The molecule has 2 rings (SSSR count). The van der Waals surface area contributed by atoms with Gasteiger partial charge in [-0.3, -0.25) is 4.90 Å². The van der Waals surface area contributed by atoms with Gasteiger partial charge < -0.3 is 5.32 Å². The van der Waals surface area contributed by atoms with Gasteiger partial charge in [-0.1, -0.05) is 25.4 Å². The Morgan fingerprint density at radius 2 is 2.11 bits per heavy atom. The highest BCUT2D eigenvalue weighted by Gasteiger charge is 2.19. The molecule has 4 heteroatoms. The minimum absolute atomic E-state index is 0.608. The lowest BCUT2D eigenvalue weighted by atomic mass is 9.96. The predicted molar refractivity (Wildman–Crippen MR) is 80.5 cm³/mol. The van der Waals surface area contributed by atoms with Crippen LogP contribution in [0.5, 0.6) is 0 Å². The third-order valence-electron chi connectivity index (χ3n) is 3.53. The van der Waals surface area contributed by atoms with Crippen molar-refractivity contribution in [2.75, 3.05) is 19.6 Å². The molecule has 2 nitrogen and oxygen atoms in total. The fourth-order valence-corrected chi connectivity index (χ4v) is 3.54. The van der Waals surface area contributed by atoms with Crippen molar-refractivity contribution in [2.24, 2.45) is 5.92 Å². The van der Waals surface area contributed by atoms with Crippen LogP contribution in [-0.4, -0.2) is 30.6 Å². The smallest absolute Gasteiger partial charge is 0.0931 e. The summed E-state index contributed by atoms with van der Waals surface area (Å²) in [6.07, 6.45) is 2.64. The molecule has 0 aliphatic carbocycles. The second kappa shape index (κ2) is 6.90. The summed E-state index contributed by atoms with van der Waals surface area (Å²) in [6.45, 7) is 9.13. The molecule has 1 aromatic heterocycles. The van der Waals surface area contributed by atoms with Crippen LogP contribution >= 0.6 is 22.9 Å². The molecule has 0 atom stereocenters. The topological polar surface area (TPSA) is 15.3 Å². The van der Waals surface area contributed by atoms with Crippen LogP contribution < -0.4 is 5.32 Å². The number of hydrogen-bond donors (Lipinski definition) is 1. The van der Waals surface area contributed by atoms with Gasteiger partial charge in [-0.05, 0) is 50.5 Å². The van der Waals surface area contributed by atoms with Gasteiger partial charge >= 0.3 is 0 Å². The normalized spacial score (nSPS) is 18.7. The third-order valence-corrected chi connectivity index (χ3v) is 4.75. The average Bonchev–Trinajstić information content (AvgIpc) is 2.74. The monoisotopic (exact) mass is 286 g/mol. The zero-order valence-corrected chi connectivity index (χ0v) is 12.9. The Bertz CT molecular complexity index is 356. The lowest BCUT2D eigenvalue weighted by Crippen LogP contribution is -2.38. The van der Waals surface area contributed by atoms with E-state index >= 15 is 0 Å². The van der Waals surface area contributed by atoms with Crippen LogP contribution in [0.3, 0.4) is 0 Å². The first-order chi connectivity index (χ1) is 8.63. The van der Waals surface area contributed by atoms with E-state index in [2.05, 4.69) is 30.1 Å². The van der Waals surface area contributed by atoms with E-state index < -0.39 is 0 Å². The molecule has 0 aromatic carbocycles. The Morgan fingerprint density at radius 1 is 1.39 bits per heavy atom. The predicted octanol–water partition coefficient (Wildman–Crippen LogP) is 3.61. The number of halogens is 1. The quantitative estimate of drug-likeness (QED) is 0.889. The molecule has 1 saturated heterocycles. The van der Waals surface area contributed by atoms with E-state index in [-0.39, 0.29) is 0 Å². The number of nitrogens with zero attached hydrogens (tertiary/aromatic N) is 1. The molecule has 0 radical (unpaired) electrons. The largest absolute Gasteiger partial charge is 0.314 e. The van der Waals surface area contributed by atoms with E-state index in [4.69, 9.17) is 11.6 Å². The van der Waals surface area contributed by atoms with Gasteiger partial charge in [-0.25, -0.2) is 0 Å². The average molecular weight is 287 g/mol. The highest BCUT2D eigenvalue weighted by molar-refractivity contribution is 7.16. The molecule has 1 fully saturated rings. The van der Waals surface area contributed by atoms with Crippen molar-refractivity contribution in [2.45, 2.75) is 39.3 Å². The SMILES string of the molecule is CC(C)NCC1CCN(Cc2ccc(Cl)s2)CC1. The Labute approximate surface area is 119 Å². The minimum atomic E-state index is 0.608. The number of piperidine rings is 1. The maximum Gasteiger partial charge on any atom is 0.0931 e. The van der Waals surface area contributed by atoms with E-state index in [1.54, 1.807) is 11.3 Å². The van der Waals surface area contributed by atoms with Gasteiger partial charge in [0, 0.05) is 17.5 Å². The highest BCUT2D eigenvalue weighted by atomic mass is 35.5. The Balaban J connectivity index is 1.70. The van der Waals surface area contributed by atoms with Crippen LogP contribution in [0, 0.1) is 5.92 Å². The van der Waals surface area contributed by atoms with Crippen molar-refractivity contribution in [3.63, 3.8) is 0 Å². The Morgan fingerprint density at radius 3 is 2.67 bits per heavy atom. The van der Waals surface area contributed by atoms with Crippen molar-refractivity contribution in [3.05, 3.63) is 21.3 Å². The van der Waals surface area contributed by atoms with Gasteiger partial charge in [0.1, 0.15) is 0 Å². The molecule has 0 saturated carbocycles. The summed E-state index contributed by atoms with van der Waals surface area (Å²) in [7, 11) is 0. The van der Waals surface area contributed by atoms with Crippen molar-refractivity contribution in [3.8, 4) is 0 Å². The number of hydrogen-bond acceptors (Lipinski definition) is 3. The van der Waals surface area contributed by atoms with Crippen LogP contribution in [0.4, 0.5) is 0 Å². The van der Waals surface area contributed by atoms with E-state index in [1.165, 1.54) is 37.4 Å². The molecule has 102 valence electrons. The molecule has 1 aliphatic rings. The first kappa shape index (κ1) is 14.3. The molecule has 1 aliphatic heterocycles. The Hall–Kier alpha value is -0.0900. The van der Waals surface area contributed by atoms with Gasteiger partial charge in [-0.15, -0.1) is 11.3 Å². The zero-order valence-electron chi connectivity index (χ0n) is 11.3. The summed E-state index contributed by atoms with van der Waals surface area (Å²) >= 11 is 7.67. The van der Waals surface area contributed by atoms with Gasteiger partial charge in [0.15, 0.2) is 0 Å². The van der Waals surface area contributed by atoms with Crippen LogP contribution in [0.25, 0.3) is 0 Å². The number of likely N-dealkylation sites (tertiary alicyclic amines) is 1. The Kier molecular flexibility index (Phi) is 5.49. The highest BCUT2D eigenvalue weighted by Crippen LogP contribution is 2.25. The van der Waals surface area contributed by atoms with Crippen LogP contribution in [0.2, 0.25) is 4.34 Å². The molecule has 0 amide bonds. The third kappa shape index (κ3) is 4.54. The molecular formula is C14H23ClN2S. The van der Waals surface area contributed by atoms with E-state index in [0.29, 0.717) is 6.04 Å². The number of nitrogens with one attached hydrogen (secondary N) is 1. The summed E-state index contributed by atoms with van der Waals surface area (Å²) in [5.41, 5.74) is 0. The minimum Gasteiger partial charge on any atom is -0.314 e. The molecule has 0 spiro atoms. The molecule has 18 heavy (non-hydrogen) atoms. The molecular weight excluding hydrogens is 264 g/mol. The molecule has 1 N–H and O–H groups in total. The lowest BCUT2D eigenvalue weighted by Gasteiger charge is -2.32. The second-order valence-electron chi connectivity index (χ2n) is 5.49. The molecule has 0 unspecified atom stereocenters. The van der Waals surface area contributed by atoms with Gasteiger partial charge in [-0.2, -0.15) is 0 Å². The summed E-state index contributed by atoms with van der Waals surface area (Å²) in [6, 6.07) is 4.76. The molecule has 1 aromatic rings. The van der Waals surface area contributed by atoms with E-state index in [1.807, 2.05) is 6.07 Å². The van der Waals surface area contributed by atoms with Crippen molar-refractivity contribution in [1.82, 2.24) is 10.2 Å².